The van der Waals surface area contributed by atoms with Gasteiger partial charge in [0.1, 0.15) is 17.4 Å². The molecule has 3 aromatic rings. The van der Waals surface area contributed by atoms with Gasteiger partial charge in [-0.1, -0.05) is 12.1 Å². The van der Waals surface area contributed by atoms with Crippen molar-refractivity contribution in [2.75, 3.05) is 62.8 Å². The summed E-state index contributed by atoms with van der Waals surface area (Å²) in [6.45, 7) is 4.51. The van der Waals surface area contributed by atoms with Gasteiger partial charge in [-0.15, -0.1) is 0 Å². The fraction of sp³-hybridized carbons (Fsp3) is 0.552. The normalized spacial score (nSPS) is 21.0. The summed E-state index contributed by atoms with van der Waals surface area (Å²) in [6, 6.07) is 8.77. The van der Waals surface area contributed by atoms with E-state index in [1.165, 1.54) is 4.57 Å². The fourth-order valence-corrected chi connectivity index (χ4v) is 5.82. The molecule has 0 radical (unpaired) electrons. The molecule has 1 N–H and O–H groups in total. The second-order valence-electron chi connectivity index (χ2n) is 11.0. The van der Waals surface area contributed by atoms with Crippen molar-refractivity contribution in [3.8, 4) is 5.82 Å². The van der Waals surface area contributed by atoms with Crippen molar-refractivity contribution >= 4 is 34.5 Å². The third-order valence-corrected chi connectivity index (χ3v) is 8.09. The Morgan fingerprint density at radius 2 is 1.67 bits per heavy atom. The summed E-state index contributed by atoms with van der Waals surface area (Å²) in [5, 5.41) is 3.44. The van der Waals surface area contributed by atoms with Crippen LogP contribution in [-0.2, 0) is 19.1 Å². The van der Waals surface area contributed by atoms with Crippen LogP contribution >= 0.6 is 0 Å². The zero-order valence-electron chi connectivity index (χ0n) is 23.4. The van der Waals surface area contributed by atoms with Crippen LogP contribution < -0.4 is 10.2 Å². The van der Waals surface area contributed by atoms with Gasteiger partial charge in [-0.25, -0.2) is 13.8 Å². The van der Waals surface area contributed by atoms with Crippen molar-refractivity contribution in [3.63, 3.8) is 0 Å². The largest absolute Gasteiger partial charge is 0.378 e. The maximum Gasteiger partial charge on any atom is 0.296 e. The Bertz CT molecular complexity index is 1420. The maximum atomic E-state index is 14.1. The van der Waals surface area contributed by atoms with Gasteiger partial charge >= 0.3 is 0 Å². The molecule has 0 spiro atoms. The van der Waals surface area contributed by atoms with Gasteiger partial charge in [0.05, 0.1) is 37.5 Å². The van der Waals surface area contributed by atoms with Gasteiger partial charge in [0.25, 0.3) is 6.43 Å². The number of anilines is 2. The van der Waals surface area contributed by atoms with E-state index in [-0.39, 0.29) is 42.3 Å². The monoisotopic (exact) mass is 583 g/mol. The van der Waals surface area contributed by atoms with Gasteiger partial charge < -0.3 is 24.6 Å². The minimum atomic E-state index is -2.79. The van der Waals surface area contributed by atoms with Gasteiger partial charge in [-0.3, -0.25) is 14.2 Å². The van der Waals surface area contributed by atoms with Gasteiger partial charge in [0.15, 0.2) is 5.82 Å². The van der Waals surface area contributed by atoms with Crippen LogP contribution in [-0.4, -0.2) is 94.8 Å². The van der Waals surface area contributed by atoms with Crippen molar-refractivity contribution in [1.82, 2.24) is 24.4 Å². The highest BCUT2D eigenvalue weighted by Gasteiger charge is 2.32. The molecule has 3 fully saturated rings. The number of Topliss-reactive ketones (excluding diaryl/α,β-unsaturated/α-hetero) is 1. The number of aromatic nitrogens is 4. The average molecular weight is 584 g/mol. The summed E-state index contributed by atoms with van der Waals surface area (Å²) in [5.74, 6) is 1.26. The molecular weight excluding hydrogens is 548 g/mol. The van der Waals surface area contributed by atoms with E-state index < -0.39 is 6.43 Å². The van der Waals surface area contributed by atoms with E-state index in [1.807, 2.05) is 4.90 Å². The highest BCUT2D eigenvalue weighted by molar-refractivity contribution is 5.85. The smallest absolute Gasteiger partial charge is 0.296 e. The molecule has 3 aliphatic rings. The molecule has 11 nitrogen and oxygen atoms in total. The second-order valence-corrected chi connectivity index (χ2v) is 11.0. The van der Waals surface area contributed by atoms with Crippen molar-refractivity contribution in [2.45, 2.75) is 44.6 Å². The minimum absolute atomic E-state index is 0.0103. The lowest BCUT2D eigenvalue weighted by Crippen LogP contribution is -2.41. The van der Waals surface area contributed by atoms with Crippen LogP contribution in [0.4, 0.5) is 20.5 Å². The Kier molecular flexibility index (Phi) is 8.56. The predicted molar refractivity (Wildman–Crippen MR) is 151 cm³/mol. The van der Waals surface area contributed by atoms with E-state index >= 15 is 0 Å². The summed E-state index contributed by atoms with van der Waals surface area (Å²) >= 11 is 0. The number of nitrogens with one attached hydrogen (secondary N) is 1. The van der Waals surface area contributed by atoms with Crippen LogP contribution in [0.2, 0.25) is 0 Å². The summed E-state index contributed by atoms with van der Waals surface area (Å²) in [6.07, 6.45) is -0.276. The standard InChI is InChI=1S/C29H35F2N7O4/c30-27(31)28-33-22-3-1-2-4-23(22)38(28)25-18-24(34-29(35-25)37-9-13-42-14-10-37)32-20-15-19(16-20)17-21(39)5-6-26(40)36-7-11-41-12-8-36/h1-4,18-20,27H,5-17H2,(H,32,34,35). The van der Waals surface area contributed by atoms with Crippen LogP contribution in [0.3, 0.4) is 0 Å². The van der Waals surface area contributed by atoms with E-state index in [0.29, 0.717) is 87.6 Å². The summed E-state index contributed by atoms with van der Waals surface area (Å²) < 4.78 is 40.4. The Labute approximate surface area is 242 Å². The van der Waals surface area contributed by atoms with E-state index in [4.69, 9.17) is 19.4 Å². The zero-order chi connectivity index (χ0) is 29.1. The Balaban J connectivity index is 1.13. The van der Waals surface area contributed by atoms with Crippen molar-refractivity contribution in [1.29, 1.82) is 0 Å². The number of nitrogens with zero attached hydrogens (tertiary/aromatic N) is 6. The lowest BCUT2D eigenvalue weighted by Gasteiger charge is -2.36. The number of halogens is 2. The molecule has 1 saturated carbocycles. The first-order valence-electron chi connectivity index (χ1n) is 14.6. The van der Waals surface area contributed by atoms with Crippen LogP contribution in [0.1, 0.15) is 44.4 Å². The number of carbonyl (C=O) groups excluding carboxylic acids is 2. The molecule has 6 rings (SSSR count). The number of morpholine rings is 2. The molecule has 1 aromatic carbocycles. The summed E-state index contributed by atoms with van der Waals surface area (Å²) in [7, 11) is 0. The number of carbonyl (C=O) groups is 2. The third kappa shape index (κ3) is 6.36. The Morgan fingerprint density at radius 1 is 0.952 bits per heavy atom. The van der Waals surface area contributed by atoms with E-state index in [2.05, 4.69) is 10.3 Å². The van der Waals surface area contributed by atoms with E-state index in [1.54, 1.807) is 35.2 Å². The highest BCUT2D eigenvalue weighted by atomic mass is 19.3. The SMILES string of the molecule is O=C(CCC(=O)N1CCOCC1)CC1CC(Nc2cc(-n3c(C(F)F)nc4ccccc43)nc(N3CCOCC3)n2)C1. The number of benzene rings is 1. The van der Waals surface area contributed by atoms with Crippen molar-refractivity contribution < 1.29 is 27.8 Å². The molecule has 2 aliphatic heterocycles. The number of rotatable bonds is 10. The maximum absolute atomic E-state index is 14.1. The molecule has 1 amide bonds. The average Bonchev–Trinajstić information content (AvgIpc) is 3.40. The lowest BCUT2D eigenvalue weighted by atomic mass is 9.77. The number of ketones is 1. The molecule has 42 heavy (non-hydrogen) atoms. The number of hydrogen-bond acceptors (Lipinski definition) is 9. The Hall–Kier alpha value is -3.71. The number of fused-ring (bicyclic) bond motifs is 1. The van der Waals surface area contributed by atoms with Crippen molar-refractivity contribution in [2.24, 2.45) is 5.92 Å². The minimum Gasteiger partial charge on any atom is -0.378 e. The van der Waals surface area contributed by atoms with Gasteiger partial charge in [0.2, 0.25) is 11.9 Å². The van der Waals surface area contributed by atoms with Gasteiger partial charge in [-0.05, 0) is 30.9 Å². The molecule has 4 heterocycles. The predicted octanol–water partition coefficient (Wildman–Crippen LogP) is 3.38. The summed E-state index contributed by atoms with van der Waals surface area (Å²) in [5.41, 5.74) is 1.01. The molecule has 1 aliphatic carbocycles. The zero-order valence-corrected chi connectivity index (χ0v) is 23.4. The van der Waals surface area contributed by atoms with E-state index in [0.717, 1.165) is 12.8 Å². The molecule has 0 atom stereocenters. The molecule has 0 bridgehead atoms. The molecule has 13 heteroatoms. The number of alkyl halides is 2. The topological polar surface area (TPSA) is 115 Å². The van der Waals surface area contributed by atoms with Crippen LogP contribution in [0.5, 0.6) is 0 Å². The number of hydrogen-bond donors (Lipinski definition) is 1. The lowest BCUT2D eigenvalue weighted by molar-refractivity contribution is -0.137. The summed E-state index contributed by atoms with van der Waals surface area (Å²) in [4.78, 5) is 42.3. The molecule has 2 saturated heterocycles. The number of para-hydroxylation sites is 2. The molecular formula is C29H35F2N7O4. The first kappa shape index (κ1) is 28.4. The Morgan fingerprint density at radius 3 is 2.40 bits per heavy atom. The number of imidazole rings is 1. The van der Waals surface area contributed by atoms with Crippen molar-refractivity contribution in [3.05, 3.63) is 36.2 Å². The number of amides is 1. The first-order valence-corrected chi connectivity index (χ1v) is 14.6. The number of ether oxygens (including phenoxy) is 2. The fourth-order valence-electron chi connectivity index (χ4n) is 5.82. The highest BCUT2D eigenvalue weighted by Crippen LogP contribution is 2.34. The van der Waals surface area contributed by atoms with E-state index in [9.17, 15) is 18.4 Å². The first-order chi connectivity index (χ1) is 20.4. The van der Waals surface area contributed by atoms with Gasteiger partial charge in [0, 0.05) is 57.5 Å². The van der Waals surface area contributed by atoms with Crippen LogP contribution in [0.15, 0.2) is 30.3 Å². The van der Waals surface area contributed by atoms with Crippen LogP contribution in [0, 0.1) is 5.92 Å². The van der Waals surface area contributed by atoms with Crippen LogP contribution in [0.25, 0.3) is 16.9 Å². The molecule has 0 unspecified atom stereocenters. The molecule has 224 valence electrons. The van der Waals surface area contributed by atoms with Gasteiger partial charge in [-0.2, -0.15) is 9.97 Å². The second kappa shape index (κ2) is 12.7. The third-order valence-electron chi connectivity index (χ3n) is 8.09. The molecule has 2 aromatic heterocycles. The quantitative estimate of drug-likeness (QED) is 0.384.